The molecular formula is C13H14F3I. The topological polar surface area (TPSA) is 0 Å². The first-order valence-corrected chi connectivity index (χ1v) is 7.02. The van der Waals surface area contributed by atoms with Gasteiger partial charge in [-0.05, 0) is 43.2 Å². The molecule has 0 N–H and O–H groups in total. The molecule has 0 unspecified atom stereocenters. The van der Waals surface area contributed by atoms with Gasteiger partial charge in [-0.3, -0.25) is 0 Å². The molecule has 2 rings (SSSR count). The first-order valence-electron chi connectivity index (χ1n) is 5.78. The van der Waals surface area contributed by atoms with E-state index in [0.29, 0.717) is 9.84 Å². The Bertz CT molecular complexity index is 378. The number of hydrogen-bond acceptors (Lipinski definition) is 0. The van der Waals surface area contributed by atoms with E-state index in [4.69, 9.17) is 0 Å². The van der Waals surface area contributed by atoms with Crippen molar-refractivity contribution in [2.45, 2.75) is 41.7 Å². The Morgan fingerprint density at radius 2 is 1.71 bits per heavy atom. The van der Waals surface area contributed by atoms with Gasteiger partial charge in [0.15, 0.2) is 0 Å². The maximum Gasteiger partial charge on any atom is 0.416 e. The van der Waals surface area contributed by atoms with E-state index in [1.807, 2.05) is 6.07 Å². The molecule has 1 aromatic carbocycles. The van der Waals surface area contributed by atoms with Crippen LogP contribution in [0.3, 0.4) is 0 Å². The summed E-state index contributed by atoms with van der Waals surface area (Å²) in [7, 11) is 0. The van der Waals surface area contributed by atoms with Crippen molar-refractivity contribution >= 4 is 22.6 Å². The van der Waals surface area contributed by atoms with Crippen LogP contribution in [0.1, 0.15) is 42.7 Å². The zero-order valence-electron chi connectivity index (χ0n) is 9.30. The molecule has 94 valence electrons. The highest BCUT2D eigenvalue weighted by Crippen LogP contribution is 2.38. The van der Waals surface area contributed by atoms with E-state index < -0.39 is 11.7 Å². The van der Waals surface area contributed by atoms with Gasteiger partial charge < -0.3 is 0 Å². The summed E-state index contributed by atoms with van der Waals surface area (Å²) in [5.41, 5.74) is 0.328. The van der Waals surface area contributed by atoms with Gasteiger partial charge in [0.05, 0.1) is 5.56 Å². The maximum atomic E-state index is 12.6. The summed E-state index contributed by atoms with van der Waals surface area (Å²) in [5.74, 6) is 0.309. The smallest absolute Gasteiger partial charge is 0.166 e. The number of rotatable bonds is 1. The molecule has 17 heavy (non-hydrogen) atoms. The lowest BCUT2D eigenvalue weighted by Gasteiger charge is -2.26. The van der Waals surface area contributed by atoms with Gasteiger partial charge in [-0.1, -0.05) is 40.8 Å². The first kappa shape index (κ1) is 13.2. The van der Waals surface area contributed by atoms with E-state index in [1.165, 1.54) is 12.1 Å². The lowest BCUT2D eigenvalue weighted by Crippen LogP contribution is -2.13. The van der Waals surface area contributed by atoms with Crippen LogP contribution in [0, 0.1) is 0 Å². The molecule has 0 amide bonds. The van der Waals surface area contributed by atoms with Crippen molar-refractivity contribution in [2.75, 3.05) is 0 Å². The predicted molar refractivity (Wildman–Crippen MR) is 70.5 cm³/mol. The highest BCUT2D eigenvalue weighted by atomic mass is 127. The summed E-state index contributed by atoms with van der Waals surface area (Å²) < 4.78 is 38.5. The molecule has 0 atom stereocenters. The van der Waals surface area contributed by atoms with E-state index in [-0.39, 0.29) is 0 Å². The zero-order chi connectivity index (χ0) is 12.5. The summed E-state index contributed by atoms with van der Waals surface area (Å²) in [6, 6.07) is 5.81. The van der Waals surface area contributed by atoms with Crippen molar-refractivity contribution in [2.24, 2.45) is 0 Å². The zero-order valence-corrected chi connectivity index (χ0v) is 11.5. The lowest BCUT2D eigenvalue weighted by molar-refractivity contribution is -0.137. The van der Waals surface area contributed by atoms with Crippen LogP contribution in [0.5, 0.6) is 0 Å². The molecule has 1 fully saturated rings. The van der Waals surface area contributed by atoms with Gasteiger partial charge in [-0.25, -0.2) is 0 Å². The molecular weight excluding hydrogens is 340 g/mol. The van der Waals surface area contributed by atoms with Crippen molar-refractivity contribution < 1.29 is 13.2 Å². The third kappa shape index (κ3) is 3.36. The Morgan fingerprint density at radius 1 is 1.06 bits per heavy atom. The Labute approximate surface area is 113 Å². The minimum absolute atomic E-state index is 0.309. The molecule has 0 spiro atoms. The summed E-state index contributed by atoms with van der Waals surface area (Å²) in [6.07, 6.45) is 0.0171. The fourth-order valence-electron chi connectivity index (χ4n) is 2.35. The molecule has 4 heteroatoms. The summed E-state index contributed by atoms with van der Waals surface area (Å²) >= 11 is 2.43. The molecule has 0 heterocycles. The van der Waals surface area contributed by atoms with Crippen molar-refractivity contribution in [1.29, 1.82) is 0 Å². The number of halogens is 4. The van der Waals surface area contributed by atoms with Crippen LogP contribution < -0.4 is 0 Å². The second kappa shape index (κ2) is 5.16. The molecule has 1 aliphatic carbocycles. The average molecular weight is 354 g/mol. The first-order chi connectivity index (χ1) is 7.97. The fourth-order valence-corrected chi connectivity index (χ4v) is 3.07. The lowest BCUT2D eigenvalue weighted by atomic mass is 9.83. The third-order valence-corrected chi connectivity index (χ3v) is 4.59. The van der Waals surface area contributed by atoms with Crippen molar-refractivity contribution in [3.05, 3.63) is 35.4 Å². The Balaban J connectivity index is 2.16. The predicted octanol–water partition coefficient (Wildman–Crippen LogP) is 5.17. The van der Waals surface area contributed by atoms with Gasteiger partial charge >= 0.3 is 6.18 Å². The Kier molecular flexibility index (Phi) is 4.00. The van der Waals surface area contributed by atoms with Crippen LogP contribution in [0.25, 0.3) is 0 Å². The quantitative estimate of drug-likeness (QED) is 0.482. The number of hydrogen-bond donors (Lipinski definition) is 0. The third-order valence-electron chi connectivity index (χ3n) is 3.34. The molecule has 0 radical (unpaired) electrons. The van der Waals surface area contributed by atoms with Gasteiger partial charge in [-0.15, -0.1) is 0 Å². The minimum atomic E-state index is -4.23. The largest absolute Gasteiger partial charge is 0.416 e. The number of alkyl halides is 4. The van der Waals surface area contributed by atoms with Crippen LogP contribution in [-0.2, 0) is 6.18 Å². The standard InChI is InChI=1S/C13H14F3I/c14-13(15,16)11-3-1-2-10(8-11)9-4-6-12(17)7-5-9/h1-3,8-9,12H,4-7H2. The van der Waals surface area contributed by atoms with E-state index in [1.54, 1.807) is 0 Å². The second-order valence-corrected chi connectivity index (χ2v) is 6.33. The van der Waals surface area contributed by atoms with Gasteiger partial charge in [0.1, 0.15) is 0 Å². The molecule has 1 aliphatic rings. The van der Waals surface area contributed by atoms with Crippen LogP contribution >= 0.6 is 22.6 Å². The molecule has 0 aliphatic heterocycles. The van der Waals surface area contributed by atoms with E-state index in [0.717, 1.165) is 37.3 Å². The normalized spacial score (nSPS) is 25.9. The molecule has 0 saturated heterocycles. The summed E-state index contributed by atoms with van der Waals surface area (Å²) in [5, 5.41) is 0. The fraction of sp³-hybridized carbons (Fsp3) is 0.538. The molecule has 1 saturated carbocycles. The summed E-state index contributed by atoms with van der Waals surface area (Å²) in [4.78, 5) is 0. The highest BCUT2D eigenvalue weighted by molar-refractivity contribution is 14.1. The van der Waals surface area contributed by atoms with Gasteiger partial charge in [-0.2, -0.15) is 13.2 Å². The highest BCUT2D eigenvalue weighted by Gasteiger charge is 2.31. The Morgan fingerprint density at radius 3 is 2.29 bits per heavy atom. The van der Waals surface area contributed by atoms with Gasteiger partial charge in [0, 0.05) is 3.92 Å². The average Bonchev–Trinajstić information content (AvgIpc) is 2.29. The van der Waals surface area contributed by atoms with Gasteiger partial charge in [0.25, 0.3) is 0 Å². The maximum absolute atomic E-state index is 12.6. The molecule has 0 nitrogen and oxygen atoms in total. The molecule has 0 bridgehead atoms. The van der Waals surface area contributed by atoms with Crippen LogP contribution in [0.4, 0.5) is 13.2 Å². The van der Waals surface area contributed by atoms with Crippen molar-refractivity contribution in [1.82, 2.24) is 0 Å². The van der Waals surface area contributed by atoms with E-state index >= 15 is 0 Å². The number of benzene rings is 1. The van der Waals surface area contributed by atoms with E-state index in [9.17, 15) is 13.2 Å². The van der Waals surface area contributed by atoms with Crippen LogP contribution in [0.15, 0.2) is 24.3 Å². The van der Waals surface area contributed by atoms with E-state index in [2.05, 4.69) is 22.6 Å². The van der Waals surface area contributed by atoms with Crippen molar-refractivity contribution in [3.63, 3.8) is 0 Å². The van der Waals surface area contributed by atoms with Gasteiger partial charge in [0.2, 0.25) is 0 Å². The SMILES string of the molecule is FC(F)(F)c1cccc(C2CCC(I)CC2)c1. The Hall–Kier alpha value is -0.260. The summed E-state index contributed by atoms with van der Waals surface area (Å²) in [6.45, 7) is 0. The molecule has 0 aromatic heterocycles. The molecule has 1 aromatic rings. The van der Waals surface area contributed by atoms with Crippen LogP contribution in [0.2, 0.25) is 0 Å². The van der Waals surface area contributed by atoms with Crippen molar-refractivity contribution in [3.8, 4) is 0 Å². The second-order valence-electron chi connectivity index (χ2n) is 4.57. The minimum Gasteiger partial charge on any atom is -0.166 e. The monoisotopic (exact) mass is 354 g/mol. The van der Waals surface area contributed by atoms with Crippen LogP contribution in [-0.4, -0.2) is 3.92 Å².